The topological polar surface area (TPSA) is 55.0 Å². The standard InChI is InChI=1S/C12H10BrF3N2O2/c13-7-3-8-9(5-18-11(8)17-4-7)10(19)1-2-20-6-12(14,15)16/h3-5H,1-2,6H2,(H,17,18). The number of hydrogen-bond donors (Lipinski definition) is 1. The van der Waals surface area contributed by atoms with Gasteiger partial charge in [0.15, 0.2) is 5.78 Å². The van der Waals surface area contributed by atoms with Crippen LogP contribution in [0.2, 0.25) is 0 Å². The fourth-order valence-electron chi connectivity index (χ4n) is 1.70. The van der Waals surface area contributed by atoms with Gasteiger partial charge in [-0.15, -0.1) is 0 Å². The van der Waals surface area contributed by atoms with Crippen molar-refractivity contribution >= 4 is 32.7 Å². The number of aromatic amines is 1. The number of aromatic nitrogens is 2. The van der Waals surface area contributed by atoms with Gasteiger partial charge in [-0.3, -0.25) is 4.79 Å². The van der Waals surface area contributed by atoms with Gasteiger partial charge in [-0.25, -0.2) is 4.98 Å². The summed E-state index contributed by atoms with van der Waals surface area (Å²) in [7, 11) is 0. The van der Waals surface area contributed by atoms with E-state index in [2.05, 4.69) is 30.6 Å². The second kappa shape index (κ2) is 5.92. The lowest BCUT2D eigenvalue weighted by Crippen LogP contribution is -2.18. The number of hydrogen-bond acceptors (Lipinski definition) is 3. The molecule has 0 spiro atoms. The molecular formula is C12H10BrF3N2O2. The lowest BCUT2D eigenvalue weighted by atomic mass is 10.1. The third-order valence-corrected chi connectivity index (χ3v) is 2.97. The number of ether oxygens (including phenoxy) is 1. The first-order chi connectivity index (χ1) is 9.37. The predicted molar refractivity (Wildman–Crippen MR) is 69.6 cm³/mol. The first-order valence-corrected chi connectivity index (χ1v) is 6.46. The van der Waals surface area contributed by atoms with E-state index < -0.39 is 12.8 Å². The maximum Gasteiger partial charge on any atom is 0.411 e. The molecule has 0 aliphatic carbocycles. The first kappa shape index (κ1) is 15.0. The van der Waals surface area contributed by atoms with Crippen molar-refractivity contribution in [3.8, 4) is 0 Å². The van der Waals surface area contributed by atoms with Crippen molar-refractivity contribution in [1.29, 1.82) is 0 Å². The molecule has 0 aliphatic rings. The van der Waals surface area contributed by atoms with Gasteiger partial charge in [0, 0.05) is 34.2 Å². The van der Waals surface area contributed by atoms with Gasteiger partial charge in [0.1, 0.15) is 12.3 Å². The number of nitrogens with one attached hydrogen (secondary N) is 1. The number of ketones is 1. The van der Waals surface area contributed by atoms with Crippen molar-refractivity contribution in [1.82, 2.24) is 9.97 Å². The minimum absolute atomic E-state index is 0.116. The Kier molecular flexibility index (Phi) is 4.44. The number of halogens is 4. The highest BCUT2D eigenvalue weighted by atomic mass is 79.9. The van der Waals surface area contributed by atoms with Crippen LogP contribution in [0.5, 0.6) is 0 Å². The number of rotatable bonds is 5. The minimum Gasteiger partial charge on any atom is -0.372 e. The lowest BCUT2D eigenvalue weighted by molar-refractivity contribution is -0.173. The minimum atomic E-state index is -4.38. The van der Waals surface area contributed by atoms with Crippen LogP contribution in [-0.4, -0.2) is 35.1 Å². The Morgan fingerprint density at radius 1 is 1.45 bits per heavy atom. The molecule has 0 aliphatic heterocycles. The third kappa shape index (κ3) is 3.80. The zero-order chi connectivity index (χ0) is 14.8. The molecule has 0 bridgehead atoms. The Morgan fingerprint density at radius 2 is 2.20 bits per heavy atom. The number of carbonyl (C=O) groups is 1. The molecule has 2 aromatic rings. The SMILES string of the molecule is O=C(CCOCC(F)(F)F)c1c[nH]c2ncc(Br)cc12. The smallest absolute Gasteiger partial charge is 0.372 e. The van der Waals surface area contributed by atoms with E-state index in [0.717, 1.165) is 0 Å². The Morgan fingerprint density at radius 3 is 2.90 bits per heavy atom. The highest BCUT2D eigenvalue weighted by molar-refractivity contribution is 9.10. The summed E-state index contributed by atoms with van der Waals surface area (Å²) in [5.41, 5.74) is 0.942. The van der Waals surface area contributed by atoms with E-state index >= 15 is 0 Å². The van der Waals surface area contributed by atoms with Crippen molar-refractivity contribution in [2.24, 2.45) is 0 Å². The maximum atomic E-state index is 11.9. The third-order valence-electron chi connectivity index (χ3n) is 2.54. The zero-order valence-electron chi connectivity index (χ0n) is 10.1. The second-order valence-corrected chi connectivity index (χ2v) is 5.01. The monoisotopic (exact) mass is 350 g/mol. The molecule has 0 amide bonds. The van der Waals surface area contributed by atoms with Crippen molar-refractivity contribution < 1.29 is 22.7 Å². The number of fused-ring (bicyclic) bond motifs is 1. The molecule has 2 aromatic heterocycles. The molecule has 108 valence electrons. The highest BCUT2D eigenvalue weighted by Gasteiger charge is 2.27. The molecule has 4 nitrogen and oxygen atoms in total. The quantitative estimate of drug-likeness (QED) is 0.663. The van der Waals surface area contributed by atoms with Crippen LogP contribution in [-0.2, 0) is 4.74 Å². The van der Waals surface area contributed by atoms with Crippen molar-refractivity contribution in [2.75, 3.05) is 13.2 Å². The van der Waals surface area contributed by atoms with Gasteiger partial charge in [0.05, 0.1) is 6.61 Å². The van der Waals surface area contributed by atoms with Crippen molar-refractivity contribution in [2.45, 2.75) is 12.6 Å². The normalized spacial score (nSPS) is 12.0. The molecule has 0 atom stereocenters. The molecule has 0 unspecified atom stereocenters. The number of H-pyrrole nitrogens is 1. The van der Waals surface area contributed by atoms with Crippen molar-refractivity contribution in [3.05, 3.63) is 28.5 Å². The molecule has 0 fully saturated rings. The molecule has 0 saturated carbocycles. The maximum absolute atomic E-state index is 11.9. The van der Waals surface area contributed by atoms with Crippen molar-refractivity contribution in [3.63, 3.8) is 0 Å². The predicted octanol–water partition coefficient (Wildman–Crippen LogP) is 3.48. The van der Waals surface area contributed by atoms with E-state index in [0.29, 0.717) is 21.1 Å². The second-order valence-electron chi connectivity index (χ2n) is 4.09. The van der Waals surface area contributed by atoms with Gasteiger partial charge in [0.2, 0.25) is 0 Å². The van der Waals surface area contributed by atoms with E-state index in [-0.39, 0.29) is 18.8 Å². The van der Waals surface area contributed by atoms with Crippen LogP contribution in [0, 0.1) is 0 Å². The molecule has 0 aromatic carbocycles. The fourth-order valence-corrected chi connectivity index (χ4v) is 2.03. The summed E-state index contributed by atoms with van der Waals surface area (Å²) in [6.07, 6.45) is -1.41. The van der Waals surface area contributed by atoms with E-state index in [9.17, 15) is 18.0 Å². The lowest BCUT2D eigenvalue weighted by Gasteiger charge is -2.06. The largest absolute Gasteiger partial charge is 0.411 e. The number of Topliss-reactive ketones (excluding diaryl/α,β-unsaturated/α-hetero) is 1. The Balaban J connectivity index is 1.99. The average molecular weight is 351 g/mol. The van der Waals surface area contributed by atoms with Gasteiger partial charge < -0.3 is 9.72 Å². The zero-order valence-corrected chi connectivity index (χ0v) is 11.7. The van der Waals surface area contributed by atoms with Gasteiger partial charge in [-0.1, -0.05) is 0 Å². The molecule has 1 N–H and O–H groups in total. The summed E-state index contributed by atoms with van der Waals surface area (Å²) in [5.74, 6) is -0.293. The van der Waals surface area contributed by atoms with Crippen LogP contribution >= 0.6 is 15.9 Å². The summed E-state index contributed by atoms with van der Waals surface area (Å²) < 4.78 is 40.8. The molecule has 8 heteroatoms. The van der Waals surface area contributed by atoms with Crippen LogP contribution in [0.15, 0.2) is 22.9 Å². The Labute approximate surface area is 120 Å². The summed E-state index contributed by atoms with van der Waals surface area (Å²) in [6.45, 7) is -1.62. The molecular weight excluding hydrogens is 341 g/mol. The van der Waals surface area contributed by atoms with Crippen LogP contribution in [0.1, 0.15) is 16.8 Å². The number of pyridine rings is 1. The summed E-state index contributed by atoms with van der Waals surface area (Å²) in [4.78, 5) is 18.8. The van der Waals surface area contributed by atoms with Gasteiger partial charge in [0.25, 0.3) is 0 Å². The number of carbonyl (C=O) groups excluding carboxylic acids is 1. The average Bonchev–Trinajstić information content (AvgIpc) is 2.76. The molecule has 20 heavy (non-hydrogen) atoms. The van der Waals surface area contributed by atoms with Crippen LogP contribution < -0.4 is 0 Å². The highest BCUT2D eigenvalue weighted by Crippen LogP contribution is 2.22. The molecule has 0 saturated heterocycles. The van der Waals surface area contributed by atoms with Gasteiger partial charge >= 0.3 is 6.18 Å². The van der Waals surface area contributed by atoms with Gasteiger partial charge in [-0.05, 0) is 22.0 Å². The molecule has 0 radical (unpaired) electrons. The Bertz CT molecular complexity index is 625. The van der Waals surface area contributed by atoms with E-state index in [1.165, 1.54) is 6.20 Å². The molecule has 2 rings (SSSR count). The summed E-state index contributed by atoms with van der Waals surface area (Å²) >= 11 is 3.25. The summed E-state index contributed by atoms with van der Waals surface area (Å²) in [5, 5.41) is 0.625. The van der Waals surface area contributed by atoms with Crippen LogP contribution in [0.4, 0.5) is 13.2 Å². The number of alkyl halides is 3. The first-order valence-electron chi connectivity index (χ1n) is 5.67. The van der Waals surface area contributed by atoms with E-state index in [1.54, 1.807) is 12.3 Å². The van der Waals surface area contributed by atoms with Crippen LogP contribution in [0.3, 0.4) is 0 Å². The van der Waals surface area contributed by atoms with E-state index in [1.807, 2.05) is 0 Å². The fraction of sp³-hybridized carbons (Fsp3) is 0.333. The molecule has 2 heterocycles. The van der Waals surface area contributed by atoms with E-state index in [4.69, 9.17) is 0 Å². The number of nitrogens with zero attached hydrogens (tertiary/aromatic N) is 1. The Hall–Kier alpha value is -1.41. The van der Waals surface area contributed by atoms with Crippen LogP contribution in [0.25, 0.3) is 11.0 Å². The van der Waals surface area contributed by atoms with Gasteiger partial charge in [-0.2, -0.15) is 13.2 Å². The summed E-state index contributed by atoms with van der Waals surface area (Å²) in [6, 6.07) is 1.72.